The van der Waals surface area contributed by atoms with Gasteiger partial charge >= 0.3 is 6.03 Å². The molecule has 0 spiro atoms. The second kappa shape index (κ2) is 12.4. The molecule has 0 aliphatic heterocycles. The lowest BCUT2D eigenvalue weighted by atomic mass is 9.33. The summed E-state index contributed by atoms with van der Waals surface area (Å²) in [4.78, 5) is 32.6. The first kappa shape index (κ1) is 35.9. The Hall–Kier alpha value is -1.89. The van der Waals surface area contributed by atoms with Gasteiger partial charge in [-0.3, -0.25) is 4.79 Å². The number of Topliss-reactive ketones (excluding diaryl/α,β-unsaturated/α-hetero) is 1. The van der Waals surface area contributed by atoms with Gasteiger partial charge in [-0.05, 0) is 140 Å². The third kappa shape index (κ3) is 5.50. The van der Waals surface area contributed by atoms with Gasteiger partial charge in [0.05, 0.1) is 11.6 Å². The lowest BCUT2D eigenvalue weighted by Crippen LogP contribution is -2.67. The highest BCUT2D eigenvalue weighted by Crippen LogP contribution is 2.75. The number of ketones is 1. The number of nitrogens with zero attached hydrogens (tertiary/aromatic N) is 2. The van der Waals surface area contributed by atoms with Gasteiger partial charge in [0.25, 0.3) is 0 Å². The largest absolute Gasteiger partial charge is 0.393 e. The monoisotopic (exact) mass is 679 g/mol. The molecule has 0 heterocycles. The number of benzene rings is 1. The smallest absolute Gasteiger partial charge is 0.318 e. The van der Waals surface area contributed by atoms with Crippen LogP contribution in [-0.4, -0.2) is 65.5 Å². The number of nitrogens with one attached hydrogen (secondary N) is 1. The molecular weight excluding hydrogens is 618 g/mol. The van der Waals surface area contributed by atoms with Gasteiger partial charge in [-0.1, -0.05) is 72.2 Å². The molecule has 0 aromatic heterocycles. The van der Waals surface area contributed by atoms with Gasteiger partial charge in [0, 0.05) is 31.1 Å². The molecule has 1 aromatic rings. The zero-order chi connectivity index (χ0) is 35.0. The number of hydrogen-bond acceptors (Lipinski definition) is 4. The van der Waals surface area contributed by atoms with E-state index < -0.39 is 5.54 Å². The molecule has 2 amide bonds. The lowest BCUT2D eigenvalue weighted by molar-refractivity contribution is -0.226. The number of hydrogen-bond donors (Lipinski definition) is 2. The molecule has 0 radical (unpaired) electrons. The highest BCUT2D eigenvalue weighted by molar-refractivity contribution is 6.30. The third-order valence-corrected chi connectivity index (χ3v) is 15.4. The molecule has 5 aliphatic carbocycles. The van der Waals surface area contributed by atoms with Gasteiger partial charge in [-0.2, -0.15) is 0 Å². The van der Waals surface area contributed by atoms with Crippen LogP contribution in [0.3, 0.4) is 0 Å². The fourth-order valence-electron chi connectivity index (χ4n) is 12.4. The molecule has 1 aromatic carbocycles. The summed E-state index contributed by atoms with van der Waals surface area (Å²) in [5.74, 6) is 1.71. The van der Waals surface area contributed by atoms with Gasteiger partial charge in [0.1, 0.15) is 0 Å². The molecule has 266 valence electrons. The predicted molar refractivity (Wildman–Crippen MR) is 195 cm³/mol. The van der Waals surface area contributed by atoms with Crippen molar-refractivity contribution in [3.63, 3.8) is 0 Å². The molecule has 2 unspecified atom stereocenters. The van der Waals surface area contributed by atoms with Crippen LogP contribution in [-0.2, 0) is 11.3 Å². The van der Waals surface area contributed by atoms with E-state index in [9.17, 15) is 14.7 Å². The normalized spacial score (nSPS) is 38.7. The van der Waals surface area contributed by atoms with Crippen molar-refractivity contribution in [1.29, 1.82) is 0 Å². The average Bonchev–Trinajstić information content (AvgIpc) is 3.30. The van der Waals surface area contributed by atoms with Gasteiger partial charge in [-0.25, -0.2) is 4.79 Å². The fraction of sp³-hybridized carbons (Fsp3) is 0.756. The summed E-state index contributed by atoms with van der Waals surface area (Å²) in [5.41, 5.74) is 2.96. The summed E-state index contributed by atoms with van der Waals surface area (Å²) in [5, 5.41) is 15.4. The van der Waals surface area contributed by atoms with E-state index in [1.165, 1.54) is 5.57 Å². The molecule has 6 nitrogen and oxygen atoms in total. The summed E-state index contributed by atoms with van der Waals surface area (Å²) < 4.78 is 0. The summed E-state index contributed by atoms with van der Waals surface area (Å²) >= 11 is 6.19. The minimum Gasteiger partial charge on any atom is -0.393 e. The number of aliphatic hydroxyl groups is 1. The molecule has 0 saturated heterocycles. The number of urea groups is 1. The van der Waals surface area contributed by atoms with Gasteiger partial charge in [0.15, 0.2) is 5.78 Å². The van der Waals surface area contributed by atoms with Crippen LogP contribution in [0.15, 0.2) is 35.4 Å². The molecule has 0 bridgehead atoms. The Morgan fingerprint density at radius 1 is 0.917 bits per heavy atom. The van der Waals surface area contributed by atoms with Crippen LogP contribution in [0.2, 0.25) is 5.02 Å². The topological polar surface area (TPSA) is 72.9 Å². The van der Waals surface area contributed by atoms with E-state index in [1.54, 1.807) is 0 Å². The summed E-state index contributed by atoms with van der Waals surface area (Å²) in [6.45, 7) is 18.5. The van der Waals surface area contributed by atoms with E-state index in [2.05, 4.69) is 58.7 Å². The van der Waals surface area contributed by atoms with E-state index in [0.717, 1.165) is 69.0 Å². The second-order valence-electron chi connectivity index (χ2n) is 18.4. The first-order chi connectivity index (χ1) is 22.4. The van der Waals surface area contributed by atoms with Gasteiger partial charge < -0.3 is 20.2 Å². The van der Waals surface area contributed by atoms with Crippen LogP contribution in [0.5, 0.6) is 0 Å². The molecule has 7 heteroatoms. The van der Waals surface area contributed by atoms with Crippen LogP contribution in [0.1, 0.15) is 112 Å². The molecule has 48 heavy (non-hydrogen) atoms. The van der Waals surface area contributed by atoms with Crippen LogP contribution >= 0.6 is 11.6 Å². The minimum atomic E-state index is -0.629. The maximum Gasteiger partial charge on any atom is 0.318 e. The van der Waals surface area contributed by atoms with E-state index in [1.807, 2.05) is 43.3 Å². The third-order valence-electron chi connectivity index (χ3n) is 15.1. The minimum absolute atomic E-state index is 0.0341. The quantitative estimate of drug-likeness (QED) is 0.303. The van der Waals surface area contributed by atoms with Gasteiger partial charge in [-0.15, -0.1) is 0 Å². The number of likely N-dealkylation sites (N-methyl/N-ethyl adjacent to an activating group) is 1. The second-order valence-corrected chi connectivity index (χ2v) is 18.9. The first-order valence-corrected chi connectivity index (χ1v) is 19.2. The number of halogens is 1. The van der Waals surface area contributed by atoms with E-state index >= 15 is 0 Å². The van der Waals surface area contributed by atoms with Crippen molar-refractivity contribution < 1.29 is 14.7 Å². The Morgan fingerprint density at radius 3 is 2.25 bits per heavy atom. The van der Waals surface area contributed by atoms with E-state index in [0.29, 0.717) is 36.4 Å². The Morgan fingerprint density at radius 2 is 1.60 bits per heavy atom. The highest BCUT2D eigenvalue weighted by Gasteiger charge is 2.70. The Bertz CT molecular complexity index is 1450. The van der Waals surface area contributed by atoms with Crippen LogP contribution in [0, 0.1) is 45.3 Å². The zero-order valence-electron chi connectivity index (χ0n) is 31.2. The van der Waals surface area contributed by atoms with Crippen molar-refractivity contribution >= 4 is 23.4 Å². The molecular formula is C41H62ClN3O3. The van der Waals surface area contributed by atoms with Gasteiger partial charge in [0.2, 0.25) is 0 Å². The Labute approximate surface area is 295 Å². The van der Waals surface area contributed by atoms with Crippen molar-refractivity contribution in [2.75, 3.05) is 27.2 Å². The van der Waals surface area contributed by atoms with Crippen LogP contribution < -0.4 is 5.32 Å². The number of rotatable bonds is 7. The van der Waals surface area contributed by atoms with E-state index in [-0.39, 0.29) is 51.4 Å². The molecule has 4 saturated carbocycles. The molecule has 2 N–H and O–H groups in total. The van der Waals surface area contributed by atoms with Crippen molar-refractivity contribution in [1.82, 2.24) is 15.1 Å². The standard InChI is InChI=1S/C41H62ClN3O3/c1-26(2)34-30(46)24-41(43-36(48)45(23-22-44(8)9)25-27-10-12-28(42)13-11-27)21-20-39(6)29(35(34)41)14-15-32-38(5)18-17-33(47)37(3,4)31(38)16-19-40(32,39)7/h10-13,26,29,31-33,47H,14-25H2,1-9H3,(H,43,48)/t29-,31?,32?,33+,38+,39-,40-,41-/m1/s1. The Kier molecular flexibility index (Phi) is 9.28. The van der Waals surface area contributed by atoms with Crippen LogP contribution in [0.25, 0.3) is 0 Å². The number of fused-ring (bicyclic) bond motifs is 7. The zero-order valence-corrected chi connectivity index (χ0v) is 32.0. The Balaban J connectivity index is 1.35. The number of aliphatic hydroxyl groups excluding tert-OH is 1. The summed E-state index contributed by atoms with van der Waals surface area (Å²) in [7, 11) is 4.07. The maximum atomic E-state index is 14.4. The number of allylic oxidation sites excluding steroid dienone is 1. The SMILES string of the molecule is CC(C)C1=C2[C@H]3CCC4[C@@]5(C)CC[C@H](O)C(C)(C)C5CC[C@@]4(C)[C@]3(C)CC[C@@]2(NC(=O)N(CCN(C)C)Cc2ccc(Cl)cc2)CC1=O. The van der Waals surface area contributed by atoms with Crippen molar-refractivity contribution in [3.8, 4) is 0 Å². The predicted octanol–water partition coefficient (Wildman–Crippen LogP) is 8.51. The first-order valence-electron chi connectivity index (χ1n) is 18.8. The van der Waals surface area contributed by atoms with Crippen molar-refractivity contribution in [3.05, 3.63) is 46.0 Å². The van der Waals surface area contributed by atoms with Crippen molar-refractivity contribution in [2.45, 2.75) is 124 Å². The highest BCUT2D eigenvalue weighted by atomic mass is 35.5. The molecule has 8 atom stereocenters. The van der Waals surface area contributed by atoms with Crippen LogP contribution in [0.4, 0.5) is 4.79 Å². The number of amides is 2. The number of carbonyl (C=O) groups is 2. The number of carbonyl (C=O) groups excluding carboxylic acids is 2. The summed E-state index contributed by atoms with van der Waals surface area (Å²) in [6, 6.07) is 7.67. The fourth-order valence-corrected chi connectivity index (χ4v) is 12.5. The maximum absolute atomic E-state index is 14.4. The van der Waals surface area contributed by atoms with Crippen molar-refractivity contribution in [2.24, 2.45) is 45.3 Å². The molecule has 4 fully saturated rings. The lowest BCUT2D eigenvalue weighted by Gasteiger charge is -2.72. The van der Waals surface area contributed by atoms with E-state index in [4.69, 9.17) is 11.6 Å². The molecule has 5 aliphatic rings. The average molecular weight is 680 g/mol. The summed E-state index contributed by atoms with van der Waals surface area (Å²) in [6.07, 6.45) is 8.47. The molecule has 6 rings (SSSR count).